The van der Waals surface area contributed by atoms with Crippen LogP contribution in [0.1, 0.15) is 29.3 Å². The summed E-state index contributed by atoms with van der Waals surface area (Å²) in [6, 6.07) is 19.0. The Hall–Kier alpha value is -3.25. The number of methoxy groups -OCH3 is 1. The molecule has 0 fully saturated rings. The maximum Gasteiger partial charge on any atom is 0.318 e. The number of carbonyl (C=O) groups excluding carboxylic acids is 2. The van der Waals surface area contributed by atoms with Gasteiger partial charge in [-0.1, -0.05) is 41.9 Å². The van der Waals surface area contributed by atoms with Gasteiger partial charge in [0.1, 0.15) is 0 Å². The van der Waals surface area contributed by atoms with Gasteiger partial charge in [0.25, 0.3) is 0 Å². The third kappa shape index (κ3) is 3.91. The van der Waals surface area contributed by atoms with Crippen LogP contribution in [0.15, 0.2) is 66.9 Å². The third-order valence-electron chi connectivity index (χ3n) is 5.22. The van der Waals surface area contributed by atoms with E-state index in [0.717, 1.165) is 22.5 Å². The van der Waals surface area contributed by atoms with Crippen LogP contribution in [-0.4, -0.2) is 35.1 Å². The van der Waals surface area contributed by atoms with Crippen LogP contribution in [0.3, 0.4) is 0 Å². The molecule has 3 aromatic rings. The number of benzene rings is 2. The predicted molar refractivity (Wildman–Crippen MR) is 115 cm³/mol. The zero-order chi connectivity index (χ0) is 21.1. The van der Waals surface area contributed by atoms with Crippen molar-refractivity contribution >= 4 is 23.6 Å². The number of carbonyl (C=O) groups is 2. The molecule has 6 nitrogen and oxygen atoms in total. The summed E-state index contributed by atoms with van der Waals surface area (Å²) in [7, 11) is 1.33. The van der Waals surface area contributed by atoms with Gasteiger partial charge in [0.05, 0.1) is 31.8 Å². The monoisotopic (exact) mass is 423 g/mol. The fourth-order valence-corrected chi connectivity index (χ4v) is 4.04. The second kappa shape index (κ2) is 8.63. The number of nitrogens with one attached hydrogen (secondary N) is 1. The predicted octanol–water partition coefficient (Wildman–Crippen LogP) is 4.31. The molecule has 2 aromatic carbocycles. The number of esters is 1. The molecule has 0 unspecified atom stereocenters. The SMILES string of the molecule is COC(=O)CCNC(=O)N1Cc2ccccc2-n2cccc2[C@@H]1c1cccc(Cl)c1. The molecule has 0 radical (unpaired) electrons. The Morgan fingerprint density at radius 1 is 1.13 bits per heavy atom. The van der Waals surface area contributed by atoms with E-state index in [0.29, 0.717) is 11.6 Å². The van der Waals surface area contributed by atoms with Crippen LogP contribution in [0.25, 0.3) is 5.69 Å². The minimum absolute atomic E-state index is 0.116. The van der Waals surface area contributed by atoms with E-state index in [1.165, 1.54) is 7.11 Å². The Morgan fingerprint density at radius 3 is 2.77 bits per heavy atom. The second-order valence-electron chi connectivity index (χ2n) is 7.08. The van der Waals surface area contributed by atoms with Crippen LogP contribution >= 0.6 is 11.6 Å². The van der Waals surface area contributed by atoms with E-state index in [4.69, 9.17) is 11.6 Å². The van der Waals surface area contributed by atoms with E-state index in [-0.39, 0.29) is 31.0 Å². The zero-order valence-electron chi connectivity index (χ0n) is 16.5. The molecule has 7 heteroatoms. The van der Waals surface area contributed by atoms with Gasteiger partial charge in [-0.3, -0.25) is 4.79 Å². The first kappa shape index (κ1) is 20.0. The lowest BCUT2D eigenvalue weighted by molar-refractivity contribution is -0.140. The molecule has 4 rings (SSSR count). The molecule has 30 heavy (non-hydrogen) atoms. The van der Waals surface area contributed by atoms with Crippen LogP contribution in [0, 0.1) is 0 Å². The van der Waals surface area contributed by atoms with Gasteiger partial charge < -0.3 is 19.5 Å². The molecule has 0 aliphatic carbocycles. The lowest BCUT2D eigenvalue weighted by atomic mass is 10.0. The van der Waals surface area contributed by atoms with Gasteiger partial charge in [0.2, 0.25) is 0 Å². The van der Waals surface area contributed by atoms with E-state index in [1.54, 1.807) is 4.90 Å². The number of amides is 2. The van der Waals surface area contributed by atoms with E-state index in [9.17, 15) is 9.59 Å². The second-order valence-corrected chi connectivity index (χ2v) is 7.51. The van der Waals surface area contributed by atoms with Crippen molar-refractivity contribution < 1.29 is 14.3 Å². The van der Waals surface area contributed by atoms with Crippen molar-refractivity contribution in [3.63, 3.8) is 0 Å². The highest BCUT2D eigenvalue weighted by molar-refractivity contribution is 6.30. The Balaban J connectivity index is 1.76. The van der Waals surface area contributed by atoms with Crippen molar-refractivity contribution in [3.05, 3.63) is 88.7 Å². The van der Waals surface area contributed by atoms with Crippen molar-refractivity contribution in [1.29, 1.82) is 0 Å². The van der Waals surface area contributed by atoms with Crippen LogP contribution in [-0.2, 0) is 16.1 Å². The molecular formula is C23H22ClN3O3. The molecule has 2 amide bonds. The van der Waals surface area contributed by atoms with Gasteiger partial charge >= 0.3 is 12.0 Å². The first-order valence-corrected chi connectivity index (χ1v) is 10.1. The minimum Gasteiger partial charge on any atom is -0.469 e. The molecule has 1 aliphatic rings. The molecule has 154 valence electrons. The number of hydrogen-bond acceptors (Lipinski definition) is 3. The summed E-state index contributed by atoms with van der Waals surface area (Å²) in [6.45, 7) is 0.617. The van der Waals surface area contributed by atoms with Crippen LogP contribution in [0.2, 0.25) is 5.02 Å². The number of urea groups is 1. The van der Waals surface area contributed by atoms with Crippen molar-refractivity contribution in [3.8, 4) is 5.69 Å². The van der Waals surface area contributed by atoms with Crippen molar-refractivity contribution in [2.45, 2.75) is 19.0 Å². The molecule has 0 saturated heterocycles. The summed E-state index contributed by atoms with van der Waals surface area (Å²) in [5.74, 6) is -0.364. The normalized spacial score (nSPS) is 15.0. The molecule has 0 saturated carbocycles. The van der Waals surface area contributed by atoms with Crippen LogP contribution < -0.4 is 5.32 Å². The lowest BCUT2D eigenvalue weighted by Crippen LogP contribution is -2.42. The van der Waals surface area contributed by atoms with Crippen molar-refractivity contribution in [2.24, 2.45) is 0 Å². The first-order chi connectivity index (χ1) is 14.6. The molecule has 0 spiro atoms. The quantitative estimate of drug-likeness (QED) is 0.636. The maximum atomic E-state index is 13.3. The Bertz CT molecular complexity index is 1080. The fourth-order valence-electron chi connectivity index (χ4n) is 3.84. The average Bonchev–Trinajstić information content (AvgIpc) is 3.17. The van der Waals surface area contributed by atoms with Crippen LogP contribution in [0.5, 0.6) is 0 Å². The highest BCUT2D eigenvalue weighted by Crippen LogP contribution is 2.37. The molecule has 1 N–H and O–H groups in total. The number of hydrogen-bond donors (Lipinski definition) is 1. The summed E-state index contributed by atoms with van der Waals surface area (Å²) in [5.41, 5.74) is 3.95. The average molecular weight is 424 g/mol. The van der Waals surface area contributed by atoms with Gasteiger partial charge in [-0.25, -0.2) is 4.79 Å². The lowest BCUT2D eigenvalue weighted by Gasteiger charge is -2.31. The van der Waals surface area contributed by atoms with E-state index in [2.05, 4.69) is 14.6 Å². The van der Waals surface area contributed by atoms with Crippen molar-refractivity contribution in [1.82, 2.24) is 14.8 Å². The Morgan fingerprint density at radius 2 is 1.97 bits per heavy atom. The van der Waals surface area contributed by atoms with Gasteiger partial charge in [0.15, 0.2) is 0 Å². The number of nitrogens with zero attached hydrogens (tertiary/aromatic N) is 2. The summed E-state index contributed by atoms with van der Waals surface area (Å²) >= 11 is 6.28. The number of aromatic nitrogens is 1. The van der Waals surface area contributed by atoms with Gasteiger partial charge in [-0.05, 0) is 41.5 Å². The number of fused-ring (bicyclic) bond motifs is 3. The molecular weight excluding hydrogens is 402 g/mol. The van der Waals surface area contributed by atoms with Gasteiger partial charge in [-0.2, -0.15) is 0 Å². The molecule has 1 aromatic heterocycles. The maximum absolute atomic E-state index is 13.3. The highest BCUT2D eigenvalue weighted by atomic mass is 35.5. The highest BCUT2D eigenvalue weighted by Gasteiger charge is 2.32. The minimum atomic E-state index is -0.364. The van der Waals surface area contributed by atoms with Crippen LogP contribution in [0.4, 0.5) is 4.79 Å². The van der Waals surface area contributed by atoms with E-state index in [1.807, 2.05) is 66.9 Å². The Labute approximate surface area is 180 Å². The largest absolute Gasteiger partial charge is 0.469 e. The summed E-state index contributed by atoms with van der Waals surface area (Å²) in [5, 5.41) is 3.47. The topological polar surface area (TPSA) is 63.6 Å². The number of rotatable bonds is 4. The number of halogens is 1. The smallest absolute Gasteiger partial charge is 0.318 e. The standard InChI is InChI=1S/C23H22ClN3O3/c1-30-21(28)11-12-25-23(29)27-15-17-6-2-3-9-19(17)26-13-5-10-20(26)22(27)16-7-4-8-18(24)14-16/h2-10,13-14,22H,11-12,15H2,1H3,(H,25,29)/t22-/m0/s1. The molecule has 0 bridgehead atoms. The van der Waals surface area contributed by atoms with Crippen molar-refractivity contribution in [2.75, 3.05) is 13.7 Å². The molecule has 1 aliphatic heterocycles. The number of para-hydroxylation sites is 1. The number of ether oxygens (including phenoxy) is 1. The molecule has 2 heterocycles. The summed E-state index contributed by atoms with van der Waals surface area (Å²) in [4.78, 5) is 26.5. The van der Waals surface area contributed by atoms with Gasteiger partial charge in [-0.15, -0.1) is 0 Å². The fraction of sp³-hybridized carbons (Fsp3) is 0.217. The summed E-state index contributed by atoms with van der Waals surface area (Å²) in [6.07, 6.45) is 2.12. The van der Waals surface area contributed by atoms with Gasteiger partial charge in [0, 0.05) is 23.5 Å². The third-order valence-corrected chi connectivity index (χ3v) is 5.46. The Kier molecular flexibility index (Phi) is 5.77. The van der Waals surface area contributed by atoms with E-state index >= 15 is 0 Å². The molecule has 1 atom stereocenters. The first-order valence-electron chi connectivity index (χ1n) is 9.71. The zero-order valence-corrected chi connectivity index (χ0v) is 17.3. The summed E-state index contributed by atoms with van der Waals surface area (Å²) < 4.78 is 6.78. The van der Waals surface area contributed by atoms with E-state index < -0.39 is 0 Å².